The zero-order valence-corrected chi connectivity index (χ0v) is 22.6. The highest BCUT2D eigenvalue weighted by Gasteiger charge is 2.35. The molecular weight excluding hydrogens is 490 g/mol. The van der Waals surface area contributed by atoms with Gasteiger partial charge in [0.2, 0.25) is 17.7 Å². The zero-order chi connectivity index (χ0) is 28.1. The molecule has 1 aromatic heterocycles. The number of ether oxygens (including phenoxy) is 1. The predicted octanol–water partition coefficient (Wildman–Crippen LogP) is 1.40. The summed E-state index contributed by atoms with van der Waals surface area (Å²) in [6.45, 7) is 7.61. The number of hydrogen-bond acceptors (Lipinski definition) is 8. The molecule has 1 aliphatic rings. The van der Waals surface area contributed by atoms with Gasteiger partial charge in [0.1, 0.15) is 6.04 Å². The summed E-state index contributed by atoms with van der Waals surface area (Å²) in [6.07, 6.45) is 5.76. The van der Waals surface area contributed by atoms with Crippen LogP contribution < -0.4 is 16.1 Å². The van der Waals surface area contributed by atoms with Gasteiger partial charge in [0.15, 0.2) is 12.4 Å². The van der Waals surface area contributed by atoms with E-state index in [9.17, 15) is 24.0 Å². The van der Waals surface area contributed by atoms with Crippen molar-refractivity contribution in [2.24, 2.45) is 11.8 Å². The molecule has 2 unspecified atom stereocenters. The first-order valence-electron chi connectivity index (χ1n) is 13.0. The molecule has 2 heterocycles. The average Bonchev–Trinajstić information content (AvgIpc) is 2.88. The quantitative estimate of drug-likeness (QED) is 0.257. The number of rotatable bonds is 13. The monoisotopic (exact) mass is 529 g/mol. The van der Waals surface area contributed by atoms with Crippen molar-refractivity contribution >= 4 is 35.6 Å². The molecule has 11 nitrogen and oxygen atoms in total. The van der Waals surface area contributed by atoms with Crippen LogP contribution in [0.4, 0.5) is 0 Å². The molecule has 2 atom stereocenters. The summed E-state index contributed by atoms with van der Waals surface area (Å²) in [4.78, 5) is 66.7. The van der Waals surface area contributed by atoms with Gasteiger partial charge in [0.25, 0.3) is 0 Å². The first kappa shape index (κ1) is 30.6. The highest BCUT2D eigenvalue weighted by molar-refractivity contribution is 5.95. The summed E-state index contributed by atoms with van der Waals surface area (Å²) in [5.41, 5.74) is 3.53. The van der Waals surface area contributed by atoms with Crippen molar-refractivity contribution < 1.29 is 28.7 Å². The second kappa shape index (κ2) is 15.6. The van der Waals surface area contributed by atoms with Crippen molar-refractivity contribution in [1.29, 1.82) is 0 Å². The Morgan fingerprint density at radius 1 is 1.18 bits per heavy atom. The average molecular weight is 530 g/mol. The van der Waals surface area contributed by atoms with E-state index in [1.807, 2.05) is 13.8 Å². The van der Waals surface area contributed by atoms with E-state index in [0.717, 1.165) is 0 Å². The van der Waals surface area contributed by atoms with Gasteiger partial charge in [-0.05, 0) is 42.9 Å². The van der Waals surface area contributed by atoms with E-state index in [4.69, 9.17) is 4.74 Å². The Bertz CT molecular complexity index is 995. The standard InChI is InChI=1S/C27H39N5O6/c1-18(2)16-23(34)29-15-12-24(35)32-21(9-7-14-30-32)27(37)31-26(19(3)4)22(33)17-38-25(36)11-10-20-8-5-6-13-28-20/h5-6,8,10-11,13,18-19,21,26,30H,7,9,12,14-17H2,1-4H3,(H,29,34)(H,31,37)/b11-10+. The summed E-state index contributed by atoms with van der Waals surface area (Å²) < 4.78 is 5.06. The first-order valence-corrected chi connectivity index (χ1v) is 13.0. The van der Waals surface area contributed by atoms with Gasteiger partial charge in [-0.1, -0.05) is 33.8 Å². The Balaban J connectivity index is 1.91. The lowest BCUT2D eigenvalue weighted by Crippen LogP contribution is -2.61. The number of esters is 1. The van der Waals surface area contributed by atoms with Crippen LogP contribution in [0.1, 0.15) is 59.1 Å². The highest BCUT2D eigenvalue weighted by Crippen LogP contribution is 2.14. The Hall–Kier alpha value is -3.60. The molecule has 11 heteroatoms. The smallest absolute Gasteiger partial charge is 0.331 e. The molecule has 1 saturated heterocycles. The number of amides is 3. The van der Waals surface area contributed by atoms with Gasteiger partial charge in [-0.3, -0.25) is 29.2 Å². The van der Waals surface area contributed by atoms with Gasteiger partial charge in [-0.25, -0.2) is 10.2 Å². The van der Waals surface area contributed by atoms with Gasteiger partial charge in [-0.2, -0.15) is 0 Å². The molecule has 3 N–H and O–H groups in total. The fraction of sp³-hybridized carbons (Fsp3) is 0.556. The minimum atomic E-state index is -0.899. The SMILES string of the molecule is CC(C)CC(=O)NCCC(=O)N1NCCCC1C(=O)NC(C(=O)COC(=O)/C=C/c1ccccn1)C(C)C. The molecule has 0 bridgehead atoms. The lowest BCUT2D eigenvalue weighted by Gasteiger charge is -2.36. The van der Waals surface area contributed by atoms with Crippen LogP contribution in [-0.2, 0) is 28.7 Å². The van der Waals surface area contributed by atoms with Crippen LogP contribution in [0.2, 0.25) is 0 Å². The normalized spacial score (nSPS) is 16.4. The molecule has 0 radical (unpaired) electrons. The lowest BCUT2D eigenvalue weighted by molar-refractivity contribution is -0.148. The molecule has 0 spiro atoms. The van der Waals surface area contributed by atoms with Crippen molar-refractivity contribution in [2.45, 2.75) is 65.5 Å². The van der Waals surface area contributed by atoms with Crippen LogP contribution in [0.3, 0.4) is 0 Å². The molecule has 0 aromatic carbocycles. The lowest BCUT2D eigenvalue weighted by atomic mass is 9.98. The molecule has 1 aromatic rings. The van der Waals surface area contributed by atoms with Crippen LogP contribution in [-0.4, -0.2) is 71.2 Å². The fourth-order valence-corrected chi connectivity index (χ4v) is 3.89. The third kappa shape index (κ3) is 10.4. The van der Waals surface area contributed by atoms with Crippen LogP contribution in [0.5, 0.6) is 0 Å². The second-order valence-electron chi connectivity index (χ2n) is 9.92. The summed E-state index contributed by atoms with van der Waals surface area (Å²) in [5.74, 6) is -2.13. The molecule has 208 valence electrons. The molecule has 0 aliphatic carbocycles. The maximum absolute atomic E-state index is 13.1. The molecule has 0 saturated carbocycles. The molecule has 2 rings (SSSR count). The van der Waals surface area contributed by atoms with E-state index in [-0.39, 0.29) is 36.6 Å². The van der Waals surface area contributed by atoms with Crippen LogP contribution in [0.25, 0.3) is 6.08 Å². The highest BCUT2D eigenvalue weighted by atomic mass is 16.5. The van der Waals surface area contributed by atoms with Gasteiger partial charge in [0, 0.05) is 38.2 Å². The summed E-state index contributed by atoms with van der Waals surface area (Å²) in [6, 6.07) is 3.54. The van der Waals surface area contributed by atoms with E-state index in [2.05, 4.69) is 21.0 Å². The Kier molecular flexibility index (Phi) is 12.6. The summed E-state index contributed by atoms with van der Waals surface area (Å²) >= 11 is 0. The minimum Gasteiger partial charge on any atom is -0.454 e. The third-order valence-electron chi connectivity index (χ3n) is 5.82. The Morgan fingerprint density at radius 3 is 2.61 bits per heavy atom. The second-order valence-corrected chi connectivity index (χ2v) is 9.92. The number of hydrogen-bond donors (Lipinski definition) is 3. The number of Topliss-reactive ketones (excluding diaryl/α,β-unsaturated/α-hetero) is 1. The minimum absolute atomic E-state index is 0.0368. The van der Waals surface area contributed by atoms with Crippen LogP contribution >= 0.6 is 0 Å². The van der Waals surface area contributed by atoms with Crippen molar-refractivity contribution in [1.82, 2.24) is 26.1 Å². The number of pyridine rings is 1. The largest absolute Gasteiger partial charge is 0.454 e. The maximum atomic E-state index is 13.1. The maximum Gasteiger partial charge on any atom is 0.331 e. The molecule has 3 amide bonds. The molecule has 1 fully saturated rings. The third-order valence-corrected chi connectivity index (χ3v) is 5.82. The molecule has 1 aliphatic heterocycles. The number of hydrazine groups is 1. The van der Waals surface area contributed by atoms with Crippen molar-refractivity contribution in [2.75, 3.05) is 19.7 Å². The van der Waals surface area contributed by atoms with E-state index in [1.54, 1.807) is 38.2 Å². The molecular formula is C27H39N5O6. The van der Waals surface area contributed by atoms with Gasteiger partial charge >= 0.3 is 5.97 Å². The number of carbonyl (C=O) groups is 5. The Labute approximate surface area is 223 Å². The summed E-state index contributed by atoms with van der Waals surface area (Å²) in [7, 11) is 0. The number of nitrogens with one attached hydrogen (secondary N) is 3. The van der Waals surface area contributed by atoms with Crippen molar-refractivity contribution in [3.8, 4) is 0 Å². The zero-order valence-electron chi connectivity index (χ0n) is 22.6. The van der Waals surface area contributed by atoms with E-state index < -0.39 is 36.4 Å². The summed E-state index contributed by atoms with van der Waals surface area (Å²) in [5, 5.41) is 6.75. The van der Waals surface area contributed by atoms with Crippen LogP contribution in [0.15, 0.2) is 30.5 Å². The van der Waals surface area contributed by atoms with E-state index in [1.165, 1.54) is 17.2 Å². The molecule has 38 heavy (non-hydrogen) atoms. The predicted molar refractivity (Wildman–Crippen MR) is 141 cm³/mol. The van der Waals surface area contributed by atoms with Crippen molar-refractivity contribution in [3.63, 3.8) is 0 Å². The number of ketones is 1. The fourth-order valence-electron chi connectivity index (χ4n) is 3.89. The van der Waals surface area contributed by atoms with Gasteiger partial charge < -0.3 is 15.4 Å². The number of aromatic nitrogens is 1. The van der Waals surface area contributed by atoms with Gasteiger partial charge in [0.05, 0.1) is 11.7 Å². The number of carbonyl (C=O) groups excluding carboxylic acids is 5. The van der Waals surface area contributed by atoms with Gasteiger partial charge in [-0.15, -0.1) is 0 Å². The van der Waals surface area contributed by atoms with Crippen LogP contribution in [0, 0.1) is 11.8 Å². The van der Waals surface area contributed by atoms with Crippen molar-refractivity contribution in [3.05, 3.63) is 36.2 Å². The number of nitrogens with zero attached hydrogens (tertiary/aromatic N) is 2. The Morgan fingerprint density at radius 2 is 1.95 bits per heavy atom. The van der Waals surface area contributed by atoms with E-state index in [0.29, 0.717) is 31.5 Å². The topological polar surface area (TPSA) is 147 Å². The first-order chi connectivity index (χ1) is 18.1. The van der Waals surface area contributed by atoms with E-state index >= 15 is 0 Å².